The molecule has 1 N–H and O–H groups in total. The van der Waals surface area contributed by atoms with Crippen molar-refractivity contribution in [2.75, 3.05) is 14.1 Å². The summed E-state index contributed by atoms with van der Waals surface area (Å²) in [5, 5.41) is 10.1. The quantitative estimate of drug-likeness (QED) is 0.901. The number of benzene rings is 2. The largest absolute Gasteiger partial charge is 0.392 e. The molecule has 0 heterocycles. The Balaban J connectivity index is 2.32. The summed E-state index contributed by atoms with van der Waals surface area (Å²) in [6.07, 6.45) is 0. The van der Waals surface area contributed by atoms with Crippen LogP contribution < -0.4 is 0 Å². The SMILES string of the molecule is CN(C)Cc1ccccc1Sc1cc(Cl)ccc1CO. The van der Waals surface area contributed by atoms with E-state index < -0.39 is 0 Å². The average Bonchev–Trinajstić information content (AvgIpc) is 2.41. The summed E-state index contributed by atoms with van der Waals surface area (Å²) in [6, 6.07) is 13.9. The maximum Gasteiger partial charge on any atom is 0.0692 e. The Morgan fingerprint density at radius 3 is 2.50 bits per heavy atom. The molecule has 20 heavy (non-hydrogen) atoms. The minimum atomic E-state index is 0.0232. The van der Waals surface area contributed by atoms with Gasteiger partial charge < -0.3 is 10.0 Å². The summed E-state index contributed by atoms with van der Waals surface area (Å²) >= 11 is 7.71. The normalized spacial score (nSPS) is 11.1. The van der Waals surface area contributed by atoms with E-state index in [1.54, 1.807) is 11.8 Å². The minimum Gasteiger partial charge on any atom is -0.392 e. The van der Waals surface area contributed by atoms with E-state index in [4.69, 9.17) is 11.6 Å². The average molecular weight is 308 g/mol. The molecule has 0 aliphatic rings. The van der Waals surface area contributed by atoms with Gasteiger partial charge in [-0.2, -0.15) is 0 Å². The third-order valence-corrected chi connectivity index (χ3v) is 4.33. The Bertz CT molecular complexity index is 586. The minimum absolute atomic E-state index is 0.0232. The first-order valence-electron chi connectivity index (χ1n) is 6.40. The third-order valence-electron chi connectivity index (χ3n) is 2.88. The number of nitrogens with zero attached hydrogens (tertiary/aromatic N) is 1. The molecule has 4 heteroatoms. The van der Waals surface area contributed by atoms with Crippen LogP contribution in [0.15, 0.2) is 52.3 Å². The molecule has 2 nitrogen and oxygen atoms in total. The Kier molecular flexibility index (Phi) is 5.49. The van der Waals surface area contributed by atoms with Crippen molar-refractivity contribution < 1.29 is 5.11 Å². The zero-order chi connectivity index (χ0) is 14.5. The van der Waals surface area contributed by atoms with Gasteiger partial charge in [0.25, 0.3) is 0 Å². The summed E-state index contributed by atoms with van der Waals surface area (Å²) in [7, 11) is 4.11. The van der Waals surface area contributed by atoms with Crippen LogP contribution in [0.1, 0.15) is 11.1 Å². The molecule has 0 saturated heterocycles. The summed E-state index contributed by atoms with van der Waals surface area (Å²) in [5.41, 5.74) is 2.17. The molecule has 2 rings (SSSR count). The van der Waals surface area contributed by atoms with Crippen LogP contribution in [0.5, 0.6) is 0 Å². The fourth-order valence-corrected chi connectivity index (χ4v) is 3.28. The molecule has 0 aliphatic heterocycles. The maximum atomic E-state index is 9.44. The summed E-state index contributed by atoms with van der Waals surface area (Å²) in [5.74, 6) is 0. The number of hydrogen-bond donors (Lipinski definition) is 1. The van der Waals surface area contributed by atoms with Gasteiger partial charge in [0.15, 0.2) is 0 Å². The highest BCUT2D eigenvalue weighted by molar-refractivity contribution is 7.99. The van der Waals surface area contributed by atoms with Crippen molar-refractivity contribution in [2.45, 2.75) is 22.9 Å². The second-order valence-electron chi connectivity index (χ2n) is 4.86. The lowest BCUT2D eigenvalue weighted by atomic mass is 10.2. The van der Waals surface area contributed by atoms with E-state index in [2.05, 4.69) is 31.1 Å². The molecule has 0 bridgehead atoms. The highest BCUT2D eigenvalue weighted by Gasteiger charge is 2.09. The van der Waals surface area contributed by atoms with Gasteiger partial charge in [0.05, 0.1) is 6.61 Å². The number of aliphatic hydroxyl groups is 1. The molecule has 0 amide bonds. The van der Waals surface area contributed by atoms with Crippen LogP contribution >= 0.6 is 23.4 Å². The zero-order valence-corrected chi connectivity index (χ0v) is 13.2. The molecule has 106 valence electrons. The van der Waals surface area contributed by atoms with Gasteiger partial charge in [-0.3, -0.25) is 0 Å². The molecular weight excluding hydrogens is 290 g/mol. The van der Waals surface area contributed by atoms with Crippen LogP contribution in [0.3, 0.4) is 0 Å². The highest BCUT2D eigenvalue weighted by Crippen LogP contribution is 2.34. The molecular formula is C16H18ClNOS. The van der Waals surface area contributed by atoms with Gasteiger partial charge in [-0.1, -0.05) is 47.6 Å². The van der Waals surface area contributed by atoms with Gasteiger partial charge in [-0.25, -0.2) is 0 Å². The number of hydrogen-bond acceptors (Lipinski definition) is 3. The predicted octanol–water partition coefficient (Wildman–Crippen LogP) is 4.05. The van der Waals surface area contributed by atoms with Crippen molar-refractivity contribution in [3.63, 3.8) is 0 Å². The third kappa shape index (κ3) is 4.00. The van der Waals surface area contributed by atoms with E-state index in [0.29, 0.717) is 5.02 Å². The molecule has 0 atom stereocenters. The van der Waals surface area contributed by atoms with Crippen molar-refractivity contribution in [1.29, 1.82) is 0 Å². The number of rotatable bonds is 5. The van der Waals surface area contributed by atoms with E-state index in [1.807, 2.05) is 30.3 Å². The van der Waals surface area contributed by atoms with Crippen LogP contribution in [0.25, 0.3) is 0 Å². The first-order chi connectivity index (χ1) is 9.60. The number of aliphatic hydroxyl groups excluding tert-OH is 1. The second kappa shape index (κ2) is 7.14. The van der Waals surface area contributed by atoms with Crippen LogP contribution in [0.4, 0.5) is 0 Å². The zero-order valence-electron chi connectivity index (χ0n) is 11.6. The Labute approximate surface area is 129 Å². The molecule has 0 radical (unpaired) electrons. The van der Waals surface area contributed by atoms with E-state index in [0.717, 1.165) is 17.0 Å². The van der Waals surface area contributed by atoms with Crippen molar-refractivity contribution in [3.05, 3.63) is 58.6 Å². The fraction of sp³-hybridized carbons (Fsp3) is 0.250. The smallest absolute Gasteiger partial charge is 0.0692 e. The lowest BCUT2D eigenvalue weighted by molar-refractivity contribution is 0.279. The maximum absolute atomic E-state index is 9.44. The van der Waals surface area contributed by atoms with Crippen LogP contribution in [-0.2, 0) is 13.2 Å². The molecule has 0 aromatic heterocycles. The lowest BCUT2D eigenvalue weighted by Crippen LogP contribution is -2.11. The van der Waals surface area contributed by atoms with Crippen molar-refractivity contribution in [2.24, 2.45) is 0 Å². The van der Waals surface area contributed by atoms with Crippen molar-refractivity contribution in [3.8, 4) is 0 Å². The van der Waals surface area contributed by atoms with Crippen molar-refractivity contribution in [1.82, 2.24) is 4.90 Å². The molecule has 2 aromatic rings. The standard InChI is InChI=1S/C16H18ClNOS/c1-18(2)10-12-5-3-4-6-15(12)20-16-9-14(17)8-7-13(16)11-19/h3-9,19H,10-11H2,1-2H3. The lowest BCUT2D eigenvalue weighted by Gasteiger charge is -2.15. The Morgan fingerprint density at radius 1 is 1.05 bits per heavy atom. The molecule has 0 spiro atoms. The first-order valence-corrected chi connectivity index (χ1v) is 7.59. The van der Waals surface area contributed by atoms with E-state index in [1.165, 1.54) is 10.5 Å². The molecule has 0 fully saturated rings. The Hall–Kier alpha value is -1.00. The van der Waals surface area contributed by atoms with Gasteiger partial charge in [0, 0.05) is 21.4 Å². The molecule has 0 saturated carbocycles. The van der Waals surface area contributed by atoms with Crippen LogP contribution in [0.2, 0.25) is 5.02 Å². The predicted molar refractivity (Wildman–Crippen MR) is 85.3 cm³/mol. The van der Waals surface area contributed by atoms with Gasteiger partial charge in [-0.05, 0) is 43.4 Å². The first kappa shape index (κ1) is 15.4. The van der Waals surface area contributed by atoms with Crippen LogP contribution in [-0.4, -0.2) is 24.1 Å². The molecule has 2 aromatic carbocycles. The van der Waals surface area contributed by atoms with Crippen LogP contribution in [0, 0.1) is 0 Å². The monoisotopic (exact) mass is 307 g/mol. The summed E-state index contributed by atoms with van der Waals surface area (Å²) < 4.78 is 0. The molecule has 0 unspecified atom stereocenters. The van der Waals surface area contributed by atoms with Crippen molar-refractivity contribution >= 4 is 23.4 Å². The van der Waals surface area contributed by atoms with Gasteiger partial charge in [0.1, 0.15) is 0 Å². The molecule has 0 aliphatic carbocycles. The van der Waals surface area contributed by atoms with Gasteiger partial charge in [0.2, 0.25) is 0 Å². The highest BCUT2D eigenvalue weighted by atomic mass is 35.5. The second-order valence-corrected chi connectivity index (χ2v) is 6.38. The summed E-state index contributed by atoms with van der Waals surface area (Å²) in [6.45, 7) is 0.910. The van der Waals surface area contributed by atoms with E-state index in [-0.39, 0.29) is 6.61 Å². The Morgan fingerprint density at radius 2 is 1.80 bits per heavy atom. The number of halogens is 1. The van der Waals surface area contributed by atoms with E-state index in [9.17, 15) is 5.11 Å². The topological polar surface area (TPSA) is 23.5 Å². The summed E-state index contributed by atoms with van der Waals surface area (Å²) in [4.78, 5) is 4.34. The van der Waals surface area contributed by atoms with E-state index >= 15 is 0 Å². The van der Waals surface area contributed by atoms with Gasteiger partial charge >= 0.3 is 0 Å². The van der Waals surface area contributed by atoms with Gasteiger partial charge in [-0.15, -0.1) is 0 Å². The fourth-order valence-electron chi connectivity index (χ4n) is 1.95.